The summed E-state index contributed by atoms with van der Waals surface area (Å²) >= 11 is 0. The lowest BCUT2D eigenvalue weighted by Crippen LogP contribution is -2.15. The van der Waals surface area contributed by atoms with Crippen LogP contribution in [0.4, 0.5) is 0 Å². The molecule has 0 aromatic heterocycles. The molecule has 116 valence electrons. The molecular weight excluding hydrogens is 290 g/mol. The van der Waals surface area contributed by atoms with Crippen molar-refractivity contribution in [3.05, 3.63) is 29.8 Å². The Labute approximate surface area is 126 Å². The maximum Gasteiger partial charge on any atom is 0.180 e. The molecule has 0 aliphatic heterocycles. The van der Waals surface area contributed by atoms with Crippen LogP contribution < -0.4 is 0 Å². The van der Waals surface area contributed by atoms with Gasteiger partial charge in [0.05, 0.1) is 42.1 Å². The highest BCUT2D eigenvalue weighted by atomic mass is 32.2. The van der Waals surface area contributed by atoms with Gasteiger partial charge in [-0.25, -0.2) is 8.42 Å². The Morgan fingerprint density at radius 2 is 1.86 bits per heavy atom. The van der Waals surface area contributed by atoms with Crippen molar-refractivity contribution in [3.8, 4) is 6.07 Å². The Kier molecular flexibility index (Phi) is 7.98. The molecule has 0 heterocycles. The molecule has 5 nitrogen and oxygen atoms in total. The number of nitriles is 1. The fourth-order valence-corrected chi connectivity index (χ4v) is 2.78. The lowest BCUT2D eigenvalue weighted by molar-refractivity contribution is 0.0523. The van der Waals surface area contributed by atoms with Crippen molar-refractivity contribution in [3.63, 3.8) is 0 Å². The van der Waals surface area contributed by atoms with E-state index < -0.39 is 9.84 Å². The van der Waals surface area contributed by atoms with Crippen molar-refractivity contribution >= 4 is 9.84 Å². The van der Waals surface area contributed by atoms with E-state index in [1.807, 2.05) is 6.07 Å². The highest BCUT2D eigenvalue weighted by molar-refractivity contribution is 7.91. The van der Waals surface area contributed by atoms with Crippen LogP contribution in [-0.4, -0.2) is 40.6 Å². The predicted octanol–water partition coefficient (Wildman–Crippen LogP) is 2.17. The molecule has 0 saturated carbocycles. The topological polar surface area (TPSA) is 76.4 Å². The fourth-order valence-electron chi connectivity index (χ4n) is 1.61. The molecule has 0 saturated heterocycles. The van der Waals surface area contributed by atoms with Crippen molar-refractivity contribution in [1.82, 2.24) is 0 Å². The van der Waals surface area contributed by atoms with E-state index in [2.05, 4.69) is 6.92 Å². The summed E-state index contributed by atoms with van der Waals surface area (Å²) in [5.41, 5.74) is 0.335. The van der Waals surface area contributed by atoms with Gasteiger partial charge in [0.1, 0.15) is 0 Å². The third-order valence-corrected chi connectivity index (χ3v) is 4.51. The van der Waals surface area contributed by atoms with Gasteiger partial charge in [-0.3, -0.25) is 0 Å². The maximum atomic E-state index is 12.1. The zero-order valence-electron chi connectivity index (χ0n) is 12.2. The van der Waals surface area contributed by atoms with E-state index in [9.17, 15) is 8.42 Å². The highest BCUT2D eigenvalue weighted by Gasteiger charge is 2.14. The maximum absolute atomic E-state index is 12.1. The van der Waals surface area contributed by atoms with Crippen molar-refractivity contribution in [1.29, 1.82) is 5.26 Å². The van der Waals surface area contributed by atoms with Crippen LogP contribution >= 0.6 is 0 Å². The molecule has 0 aliphatic carbocycles. The second-order valence-electron chi connectivity index (χ2n) is 4.54. The number of hydrogen-bond acceptors (Lipinski definition) is 5. The number of nitrogens with zero attached hydrogens (tertiary/aromatic N) is 1. The van der Waals surface area contributed by atoms with Crippen LogP contribution in [0.2, 0.25) is 0 Å². The van der Waals surface area contributed by atoms with Crippen molar-refractivity contribution in [2.24, 2.45) is 0 Å². The largest absolute Gasteiger partial charge is 0.379 e. The van der Waals surface area contributed by atoms with E-state index in [1.165, 1.54) is 12.1 Å². The zero-order valence-corrected chi connectivity index (χ0v) is 13.1. The number of unbranched alkanes of at least 4 members (excludes halogenated alkanes) is 1. The van der Waals surface area contributed by atoms with Crippen molar-refractivity contribution < 1.29 is 17.9 Å². The average Bonchev–Trinajstić information content (AvgIpc) is 2.50. The van der Waals surface area contributed by atoms with Gasteiger partial charge >= 0.3 is 0 Å². The SMILES string of the molecule is CCCCOCCOCCS(=O)(=O)c1cccc(C#N)c1. The molecule has 6 heteroatoms. The molecule has 0 aliphatic rings. The minimum Gasteiger partial charge on any atom is -0.379 e. The molecule has 0 fully saturated rings. The minimum absolute atomic E-state index is 0.100. The van der Waals surface area contributed by atoms with Gasteiger partial charge in [-0.2, -0.15) is 5.26 Å². The monoisotopic (exact) mass is 311 g/mol. The van der Waals surface area contributed by atoms with Gasteiger partial charge < -0.3 is 9.47 Å². The van der Waals surface area contributed by atoms with Gasteiger partial charge in [0.15, 0.2) is 9.84 Å². The molecular formula is C15H21NO4S. The summed E-state index contributed by atoms with van der Waals surface area (Å²) in [5.74, 6) is -0.100. The molecule has 0 radical (unpaired) electrons. The Bertz CT molecular complexity index is 563. The fraction of sp³-hybridized carbons (Fsp3) is 0.533. The predicted molar refractivity (Wildman–Crippen MR) is 79.8 cm³/mol. The minimum atomic E-state index is -3.41. The molecule has 21 heavy (non-hydrogen) atoms. The van der Waals surface area contributed by atoms with Crippen molar-refractivity contribution in [2.75, 3.05) is 32.2 Å². The number of benzene rings is 1. The smallest absolute Gasteiger partial charge is 0.180 e. The molecule has 1 aromatic carbocycles. The molecule has 0 N–H and O–H groups in total. The number of sulfone groups is 1. The van der Waals surface area contributed by atoms with Crippen LogP contribution in [0.1, 0.15) is 25.3 Å². The Morgan fingerprint density at radius 1 is 1.14 bits per heavy atom. The number of hydrogen-bond donors (Lipinski definition) is 0. The van der Waals surface area contributed by atoms with Gasteiger partial charge in [-0.1, -0.05) is 19.4 Å². The van der Waals surface area contributed by atoms with E-state index in [1.54, 1.807) is 12.1 Å². The summed E-state index contributed by atoms with van der Waals surface area (Å²) in [4.78, 5) is 0.157. The third kappa shape index (κ3) is 6.71. The van der Waals surface area contributed by atoms with Gasteiger partial charge in [0.25, 0.3) is 0 Å². The molecule has 1 aromatic rings. The third-order valence-electron chi connectivity index (χ3n) is 2.83. The second kappa shape index (κ2) is 9.50. The first kappa shape index (κ1) is 17.6. The van der Waals surface area contributed by atoms with Crippen LogP contribution in [0.25, 0.3) is 0 Å². The van der Waals surface area contributed by atoms with Gasteiger partial charge in [0, 0.05) is 6.61 Å². The van der Waals surface area contributed by atoms with Crippen LogP contribution in [-0.2, 0) is 19.3 Å². The Hall–Kier alpha value is -1.42. The average molecular weight is 311 g/mol. The molecule has 0 unspecified atom stereocenters. The molecule has 0 amide bonds. The highest BCUT2D eigenvalue weighted by Crippen LogP contribution is 2.12. The van der Waals surface area contributed by atoms with Gasteiger partial charge in [-0.05, 0) is 24.6 Å². The lowest BCUT2D eigenvalue weighted by atomic mass is 10.2. The first-order valence-corrected chi connectivity index (χ1v) is 8.64. The van der Waals surface area contributed by atoms with E-state index in [0.717, 1.165) is 12.8 Å². The first-order chi connectivity index (χ1) is 10.1. The summed E-state index contributed by atoms with van der Waals surface area (Å²) in [5, 5.41) is 8.78. The first-order valence-electron chi connectivity index (χ1n) is 6.98. The summed E-state index contributed by atoms with van der Waals surface area (Å²) < 4.78 is 34.7. The summed E-state index contributed by atoms with van der Waals surface area (Å²) in [7, 11) is -3.41. The lowest BCUT2D eigenvalue weighted by Gasteiger charge is -2.07. The van der Waals surface area contributed by atoms with Crippen LogP contribution in [0.15, 0.2) is 29.2 Å². The van der Waals surface area contributed by atoms with Crippen molar-refractivity contribution in [2.45, 2.75) is 24.7 Å². The Balaban J connectivity index is 2.32. The zero-order chi connectivity index (χ0) is 15.6. The van der Waals surface area contributed by atoms with E-state index >= 15 is 0 Å². The van der Waals surface area contributed by atoms with E-state index in [0.29, 0.717) is 25.4 Å². The quantitative estimate of drug-likeness (QED) is 0.619. The molecule has 1 rings (SSSR count). The van der Waals surface area contributed by atoms with Crippen LogP contribution in [0, 0.1) is 11.3 Å². The normalized spacial score (nSPS) is 11.2. The van der Waals surface area contributed by atoms with Gasteiger partial charge in [-0.15, -0.1) is 0 Å². The van der Waals surface area contributed by atoms with E-state index in [-0.39, 0.29) is 17.3 Å². The molecule has 0 bridgehead atoms. The number of ether oxygens (including phenoxy) is 2. The van der Waals surface area contributed by atoms with Crippen LogP contribution in [0.3, 0.4) is 0 Å². The Morgan fingerprint density at radius 3 is 2.52 bits per heavy atom. The molecule has 0 atom stereocenters. The van der Waals surface area contributed by atoms with E-state index in [4.69, 9.17) is 14.7 Å². The summed E-state index contributed by atoms with van der Waals surface area (Å²) in [6, 6.07) is 7.93. The number of rotatable bonds is 10. The standard InChI is InChI=1S/C15H21NO4S/c1-2-3-7-19-8-9-20-10-11-21(17,18)15-6-4-5-14(12-15)13-16/h4-6,12H,2-3,7-11H2,1H3. The second-order valence-corrected chi connectivity index (χ2v) is 6.65. The summed E-state index contributed by atoms with van der Waals surface area (Å²) in [6.07, 6.45) is 2.10. The molecule has 0 spiro atoms. The summed E-state index contributed by atoms with van der Waals surface area (Å²) in [6.45, 7) is 3.78. The van der Waals surface area contributed by atoms with Gasteiger partial charge in [0.2, 0.25) is 0 Å². The van der Waals surface area contributed by atoms with Crippen LogP contribution in [0.5, 0.6) is 0 Å².